The number of aryl methyl sites for hydroxylation is 2. The number of carbonyl (C=O) groups excluding carboxylic acids is 1. The number of carbonyl (C=O) groups is 1. The van der Waals surface area contributed by atoms with Gasteiger partial charge in [-0.1, -0.05) is 0 Å². The van der Waals surface area contributed by atoms with Crippen LogP contribution < -0.4 is 10.1 Å². The minimum atomic E-state index is -1.13. The van der Waals surface area contributed by atoms with Gasteiger partial charge in [-0.05, 0) is 26.8 Å². The molecule has 0 radical (unpaired) electrons. The van der Waals surface area contributed by atoms with Crippen molar-refractivity contribution in [1.82, 2.24) is 34.8 Å². The predicted molar refractivity (Wildman–Crippen MR) is 106 cm³/mol. The highest BCUT2D eigenvalue weighted by molar-refractivity contribution is 5.93. The van der Waals surface area contributed by atoms with E-state index in [1.54, 1.807) is 12.4 Å². The second-order valence-corrected chi connectivity index (χ2v) is 7.80. The molecule has 10 heteroatoms. The summed E-state index contributed by atoms with van der Waals surface area (Å²) in [6.45, 7) is 5.38. The number of imidazole rings is 1. The molecule has 5 rings (SSSR count). The van der Waals surface area contributed by atoms with Gasteiger partial charge >= 0.3 is 0 Å². The molecular weight excluding hydrogens is 389 g/mol. The maximum absolute atomic E-state index is 13.6. The molecule has 0 aromatic carbocycles. The van der Waals surface area contributed by atoms with Crippen LogP contribution >= 0.6 is 0 Å². The summed E-state index contributed by atoms with van der Waals surface area (Å²) >= 11 is 0. The molecule has 1 aliphatic heterocycles. The lowest BCUT2D eigenvalue weighted by molar-refractivity contribution is -0.135. The second kappa shape index (κ2) is 7.05. The van der Waals surface area contributed by atoms with E-state index in [0.29, 0.717) is 48.9 Å². The predicted octanol–water partition coefficient (Wildman–Crippen LogP) is 1.65. The lowest BCUT2D eigenvalue weighted by Gasteiger charge is -2.27. The Morgan fingerprint density at radius 1 is 1.33 bits per heavy atom. The Labute approximate surface area is 172 Å². The smallest absolute Gasteiger partial charge is 0.246 e. The maximum Gasteiger partial charge on any atom is 0.246 e. The summed E-state index contributed by atoms with van der Waals surface area (Å²) < 4.78 is 21.8. The number of rotatable bonds is 6. The Morgan fingerprint density at radius 3 is 2.73 bits per heavy atom. The van der Waals surface area contributed by atoms with Crippen LogP contribution in [0.3, 0.4) is 0 Å². The average Bonchev–Trinajstić information content (AvgIpc) is 3.15. The van der Waals surface area contributed by atoms with Gasteiger partial charge in [0, 0.05) is 31.9 Å². The zero-order chi connectivity index (χ0) is 20.9. The minimum Gasteiger partial charge on any atom is -0.460 e. The van der Waals surface area contributed by atoms with Crippen LogP contribution in [0, 0.1) is 12.8 Å². The lowest BCUT2D eigenvalue weighted by atomic mass is 9.93. The highest BCUT2D eigenvalue weighted by Crippen LogP contribution is 2.41. The van der Waals surface area contributed by atoms with E-state index in [9.17, 15) is 9.18 Å². The zero-order valence-electron chi connectivity index (χ0n) is 16.8. The fourth-order valence-corrected chi connectivity index (χ4v) is 3.99. The second-order valence-electron chi connectivity index (χ2n) is 7.80. The first-order valence-electron chi connectivity index (χ1n) is 10.1. The van der Waals surface area contributed by atoms with Crippen LogP contribution in [-0.4, -0.2) is 60.1 Å². The molecule has 1 saturated heterocycles. The minimum absolute atomic E-state index is 0.200. The number of ketones is 1. The Bertz CT molecular complexity index is 1110. The van der Waals surface area contributed by atoms with E-state index >= 15 is 0 Å². The van der Waals surface area contributed by atoms with Crippen LogP contribution in [0.2, 0.25) is 0 Å². The molecule has 1 N–H and O–H groups in total. The van der Waals surface area contributed by atoms with Crippen LogP contribution in [0.15, 0.2) is 18.7 Å². The molecule has 4 heterocycles. The molecule has 3 aromatic heterocycles. The molecular formula is C20H22FN7O2. The Morgan fingerprint density at radius 2 is 2.10 bits per heavy atom. The van der Waals surface area contributed by atoms with E-state index in [2.05, 4.69) is 25.3 Å². The Hall–Kier alpha value is -3.01. The summed E-state index contributed by atoms with van der Waals surface area (Å²) in [6, 6.07) is 0. The van der Waals surface area contributed by atoms with E-state index in [-0.39, 0.29) is 18.1 Å². The van der Waals surface area contributed by atoms with E-state index in [1.165, 1.54) is 6.33 Å². The number of fused-ring (bicyclic) bond motifs is 1. The molecule has 3 aromatic rings. The summed E-state index contributed by atoms with van der Waals surface area (Å²) in [6.07, 6.45) is 4.49. The number of alkyl halides is 1. The van der Waals surface area contributed by atoms with Gasteiger partial charge < -0.3 is 14.6 Å². The normalized spacial score (nSPS) is 25.6. The molecule has 0 bridgehead atoms. The van der Waals surface area contributed by atoms with Gasteiger partial charge in [-0.25, -0.2) is 24.3 Å². The van der Waals surface area contributed by atoms with Gasteiger partial charge in [0.1, 0.15) is 24.1 Å². The standard InChI is InChI=1S/C20H22FN7O2/c1-3-28-17(12-7-23-11(2)24-8-12)27-15-18(28)25-10-26-19(15)30-20(4-5-22-9-20)16(29)13-6-14(13)21/h7-8,10,13-14,22H,3-6,9H2,1-2H3/t13?,14?,20-/m0/s1. The monoisotopic (exact) mass is 411 g/mol. The largest absolute Gasteiger partial charge is 0.460 e. The van der Waals surface area contributed by atoms with Gasteiger partial charge in [0.05, 0.1) is 11.5 Å². The third-order valence-corrected chi connectivity index (χ3v) is 5.76. The number of nitrogens with zero attached hydrogens (tertiary/aromatic N) is 6. The third kappa shape index (κ3) is 3.02. The van der Waals surface area contributed by atoms with Crippen molar-refractivity contribution in [2.75, 3.05) is 13.1 Å². The molecule has 2 fully saturated rings. The molecule has 3 atom stereocenters. The summed E-state index contributed by atoms with van der Waals surface area (Å²) in [7, 11) is 0. The molecule has 30 heavy (non-hydrogen) atoms. The molecule has 2 unspecified atom stereocenters. The summed E-state index contributed by atoms with van der Waals surface area (Å²) in [4.78, 5) is 34.9. The first kappa shape index (κ1) is 19.0. The topological polar surface area (TPSA) is 108 Å². The van der Waals surface area contributed by atoms with Gasteiger partial charge in [0.25, 0.3) is 0 Å². The lowest BCUT2D eigenvalue weighted by Crippen LogP contribution is -2.48. The van der Waals surface area contributed by atoms with Crippen molar-refractivity contribution in [3.8, 4) is 17.3 Å². The summed E-state index contributed by atoms with van der Waals surface area (Å²) in [5, 5.41) is 3.16. The molecule has 2 aliphatic rings. The van der Waals surface area contributed by atoms with Crippen molar-refractivity contribution < 1.29 is 13.9 Å². The number of hydrogen-bond donors (Lipinski definition) is 1. The van der Waals surface area contributed by atoms with Crippen molar-refractivity contribution >= 4 is 16.9 Å². The molecule has 1 saturated carbocycles. The zero-order valence-corrected chi connectivity index (χ0v) is 16.8. The van der Waals surface area contributed by atoms with Crippen LogP contribution in [0.25, 0.3) is 22.6 Å². The van der Waals surface area contributed by atoms with Gasteiger partial charge in [0.2, 0.25) is 5.88 Å². The Balaban J connectivity index is 1.58. The summed E-state index contributed by atoms with van der Waals surface area (Å²) in [5.74, 6) is 0.759. The highest BCUT2D eigenvalue weighted by Gasteiger charge is 2.55. The fourth-order valence-electron chi connectivity index (χ4n) is 3.99. The van der Waals surface area contributed by atoms with Crippen LogP contribution in [0.1, 0.15) is 25.6 Å². The third-order valence-electron chi connectivity index (χ3n) is 5.76. The fraction of sp³-hybridized carbons (Fsp3) is 0.500. The molecule has 0 spiro atoms. The van der Waals surface area contributed by atoms with Crippen molar-refractivity contribution in [1.29, 1.82) is 0 Å². The summed E-state index contributed by atoms with van der Waals surface area (Å²) in [5.41, 5.74) is 0.677. The SMILES string of the molecule is CCn1c(-c2cnc(C)nc2)nc2c(O[C@@]3(C(=O)C4CC4F)CCNC3)ncnc21. The number of nitrogens with one attached hydrogen (secondary N) is 1. The maximum atomic E-state index is 13.6. The quantitative estimate of drug-likeness (QED) is 0.652. The number of aromatic nitrogens is 6. The molecule has 9 nitrogen and oxygen atoms in total. The molecule has 156 valence electrons. The van der Waals surface area contributed by atoms with Crippen molar-refractivity contribution in [2.24, 2.45) is 5.92 Å². The molecule has 0 amide bonds. The van der Waals surface area contributed by atoms with Crippen molar-refractivity contribution in [3.63, 3.8) is 0 Å². The molecule has 1 aliphatic carbocycles. The van der Waals surface area contributed by atoms with E-state index < -0.39 is 17.7 Å². The number of ether oxygens (including phenoxy) is 1. The van der Waals surface area contributed by atoms with Crippen LogP contribution in [0.4, 0.5) is 4.39 Å². The van der Waals surface area contributed by atoms with Crippen LogP contribution in [-0.2, 0) is 11.3 Å². The first-order valence-corrected chi connectivity index (χ1v) is 10.1. The van der Waals surface area contributed by atoms with Gasteiger partial charge in [-0.3, -0.25) is 4.79 Å². The first-order chi connectivity index (χ1) is 14.5. The Kier molecular flexibility index (Phi) is 4.46. The van der Waals surface area contributed by atoms with Gasteiger partial charge in [-0.2, -0.15) is 4.98 Å². The average molecular weight is 411 g/mol. The van der Waals surface area contributed by atoms with Gasteiger partial charge in [0.15, 0.2) is 22.5 Å². The van der Waals surface area contributed by atoms with Crippen LogP contribution in [0.5, 0.6) is 5.88 Å². The van der Waals surface area contributed by atoms with E-state index in [4.69, 9.17) is 9.72 Å². The van der Waals surface area contributed by atoms with E-state index in [0.717, 1.165) is 5.56 Å². The number of hydrogen-bond acceptors (Lipinski definition) is 8. The van der Waals surface area contributed by atoms with Gasteiger partial charge in [-0.15, -0.1) is 0 Å². The number of Topliss-reactive ketones (excluding diaryl/α,β-unsaturated/α-hetero) is 1. The van der Waals surface area contributed by atoms with Crippen molar-refractivity contribution in [3.05, 3.63) is 24.5 Å². The number of halogens is 1. The van der Waals surface area contributed by atoms with E-state index in [1.807, 2.05) is 18.4 Å². The highest BCUT2D eigenvalue weighted by atomic mass is 19.1. The van der Waals surface area contributed by atoms with Crippen molar-refractivity contribution in [2.45, 2.75) is 45.0 Å².